The number of esters is 1. The number of rotatable bonds is 6. The number of alkyl halides is 3. The maximum Gasteiger partial charge on any atom is 0.419 e. The molecule has 1 saturated heterocycles. The molecule has 42 heavy (non-hydrogen) atoms. The van der Waals surface area contributed by atoms with Gasteiger partial charge < -0.3 is 19.7 Å². The van der Waals surface area contributed by atoms with Crippen LogP contribution < -0.4 is 5.32 Å². The predicted molar refractivity (Wildman–Crippen MR) is 151 cm³/mol. The number of benzene rings is 1. The third kappa shape index (κ3) is 8.05. The first-order valence-corrected chi connectivity index (χ1v) is 13.3. The van der Waals surface area contributed by atoms with Crippen molar-refractivity contribution in [2.45, 2.75) is 51.3 Å². The summed E-state index contributed by atoms with van der Waals surface area (Å²) in [5.74, 6) is -0.339. The number of pyridine rings is 1. The monoisotopic (exact) mass is 583 g/mol. The van der Waals surface area contributed by atoms with E-state index in [4.69, 9.17) is 4.74 Å². The first kappa shape index (κ1) is 30.5. The van der Waals surface area contributed by atoms with Crippen molar-refractivity contribution >= 4 is 35.9 Å². The first-order chi connectivity index (χ1) is 19.8. The van der Waals surface area contributed by atoms with E-state index < -0.39 is 23.3 Å². The van der Waals surface area contributed by atoms with Crippen LogP contribution in [-0.2, 0) is 15.7 Å². The number of anilines is 2. The second kappa shape index (κ2) is 12.6. The zero-order valence-corrected chi connectivity index (χ0v) is 23.7. The summed E-state index contributed by atoms with van der Waals surface area (Å²) in [6, 6.07) is 10.4. The zero-order chi connectivity index (χ0) is 30.5. The first-order valence-electron chi connectivity index (χ1n) is 13.3. The number of hydrogen-bond donors (Lipinski definition) is 1. The molecule has 1 aliphatic rings. The molecule has 12 heteroatoms. The Balaban J connectivity index is 1.45. The molecule has 0 unspecified atom stereocenters. The number of carbonyl (C=O) groups excluding carboxylic acids is 2. The number of nitrogens with one attached hydrogen (secondary N) is 1. The van der Waals surface area contributed by atoms with Gasteiger partial charge in [-0.1, -0.05) is 12.1 Å². The SMILES string of the molecule is COC(=O)c1ccnc(/C=C/c2nc(Nc3ccc(C4CCN(C(=O)OC(C)(C)C)CC4)cc3)ncc2C(F)(F)F)c1. The quantitative estimate of drug-likeness (QED) is 0.320. The molecule has 9 nitrogen and oxygen atoms in total. The van der Waals surface area contributed by atoms with E-state index in [-0.39, 0.29) is 34.9 Å². The summed E-state index contributed by atoms with van der Waals surface area (Å²) in [5.41, 5.74) is 0.256. The molecule has 0 radical (unpaired) electrons. The van der Waals surface area contributed by atoms with Crippen LogP contribution in [0.5, 0.6) is 0 Å². The van der Waals surface area contributed by atoms with Crippen molar-refractivity contribution in [3.63, 3.8) is 0 Å². The molecule has 0 saturated carbocycles. The van der Waals surface area contributed by atoms with Gasteiger partial charge in [0, 0.05) is 31.2 Å². The van der Waals surface area contributed by atoms with E-state index >= 15 is 0 Å². The minimum atomic E-state index is -4.68. The molecule has 2 aromatic heterocycles. The largest absolute Gasteiger partial charge is 0.465 e. The molecule has 1 aromatic carbocycles. The lowest BCUT2D eigenvalue weighted by Crippen LogP contribution is -2.41. The number of carbonyl (C=O) groups is 2. The van der Waals surface area contributed by atoms with Crippen LogP contribution in [0.3, 0.4) is 0 Å². The summed E-state index contributed by atoms with van der Waals surface area (Å²) < 4.78 is 51.1. The van der Waals surface area contributed by atoms with Crippen molar-refractivity contribution in [2.75, 3.05) is 25.5 Å². The van der Waals surface area contributed by atoms with Crippen molar-refractivity contribution in [3.8, 4) is 0 Å². The van der Waals surface area contributed by atoms with Gasteiger partial charge in [-0.05, 0) is 81.5 Å². The minimum Gasteiger partial charge on any atom is -0.465 e. The topological polar surface area (TPSA) is 107 Å². The molecular weight excluding hydrogens is 551 g/mol. The summed E-state index contributed by atoms with van der Waals surface area (Å²) in [4.78, 5) is 37.8. The summed E-state index contributed by atoms with van der Waals surface area (Å²) in [6.45, 7) is 6.71. The molecule has 1 aliphatic heterocycles. The number of nitrogens with zero attached hydrogens (tertiary/aromatic N) is 4. The second-order valence-electron chi connectivity index (χ2n) is 10.8. The fourth-order valence-corrected chi connectivity index (χ4v) is 4.44. The van der Waals surface area contributed by atoms with E-state index in [0.717, 1.165) is 24.6 Å². The normalized spacial score (nSPS) is 14.6. The van der Waals surface area contributed by atoms with E-state index in [2.05, 4.69) is 25.0 Å². The Hall–Kier alpha value is -4.48. The molecule has 3 aromatic rings. The molecule has 1 amide bonds. The average molecular weight is 584 g/mol. The molecule has 0 atom stereocenters. The molecule has 3 heterocycles. The van der Waals surface area contributed by atoms with Crippen molar-refractivity contribution < 1.29 is 32.2 Å². The van der Waals surface area contributed by atoms with Gasteiger partial charge in [-0.15, -0.1) is 0 Å². The Bertz CT molecular complexity index is 1440. The lowest BCUT2D eigenvalue weighted by atomic mass is 9.89. The van der Waals surface area contributed by atoms with E-state index in [1.807, 2.05) is 45.0 Å². The van der Waals surface area contributed by atoms with E-state index in [0.29, 0.717) is 18.8 Å². The summed E-state index contributed by atoms with van der Waals surface area (Å²) >= 11 is 0. The highest BCUT2D eigenvalue weighted by atomic mass is 19.4. The van der Waals surface area contributed by atoms with Crippen LogP contribution >= 0.6 is 0 Å². The molecule has 222 valence electrons. The second-order valence-corrected chi connectivity index (χ2v) is 10.8. The highest BCUT2D eigenvalue weighted by Crippen LogP contribution is 2.33. The van der Waals surface area contributed by atoms with Gasteiger partial charge in [-0.2, -0.15) is 13.2 Å². The van der Waals surface area contributed by atoms with Gasteiger partial charge in [-0.3, -0.25) is 4.98 Å². The third-order valence-corrected chi connectivity index (χ3v) is 6.52. The molecule has 0 bridgehead atoms. The highest BCUT2D eigenvalue weighted by Gasteiger charge is 2.34. The maximum atomic E-state index is 13.7. The van der Waals surface area contributed by atoms with E-state index in [1.54, 1.807) is 4.90 Å². The lowest BCUT2D eigenvalue weighted by molar-refractivity contribution is -0.138. The van der Waals surface area contributed by atoms with Crippen LogP contribution in [0.15, 0.2) is 48.8 Å². The van der Waals surface area contributed by atoms with Crippen molar-refractivity contribution in [2.24, 2.45) is 0 Å². The van der Waals surface area contributed by atoms with Crippen LogP contribution in [0.4, 0.5) is 29.6 Å². The van der Waals surface area contributed by atoms with Crippen LogP contribution in [0.1, 0.15) is 72.4 Å². The molecular formula is C30H32F3N5O4. The van der Waals surface area contributed by atoms with Gasteiger partial charge in [-0.25, -0.2) is 19.6 Å². The standard InChI is InChI=1S/C30H32F3N5O4/c1-29(2,3)42-28(40)38-15-12-20(13-16-38)19-5-7-22(8-6-19)36-27-35-18-24(30(31,32)33)25(37-27)10-9-23-17-21(11-14-34-23)26(39)41-4/h5-11,14,17-18,20H,12-13,15-16H2,1-4H3,(H,35,36,37)/b10-9+. The fraction of sp³-hybridized carbons (Fsp3) is 0.367. The number of likely N-dealkylation sites (tertiary alicyclic amines) is 1. The number of hydrogen-bond acceptors (Lipinski definition) is 8. The van der Waals surface area contributed by atoms with Crippen LogP contribution in [0, 0.1) is 0 Å². The van der Waals surface area contributed by atoms with E-state index in [9.17, 15) is 22.8 Å². The lowest BCUT2D eigenvalue weighted by Gasteiger charge is -2.33. The molecule has 1 fully saturated rings. The number of methoxy groups -OCH3 is 1. The van der Waals surface area contributed by atoms with Crippen LogP contribution in [0.25, 0.3) is 12.2 Å². The van der Waals surface area contributed by atoms with Gasteiger partial charge in [0.2, 0.25) is 5.95 Å². The Morgan fingerprint density at radius 1 is 1.02 bits per heavy atom. The van der Waals surface area contributed by atoms with Crippen molar-refractivity contribution in [3.05, 3.63) is 76.9 Å². The van der Waals surface area contributed by atoms with Crippen LogP contribution in [0.2, 0.25) is 0 Å². The number of ether oxygens (including phenoxy) is 2. The number of aromatic nitrogens is 3. The predicted octanol–water partition coefficient (Wildman–Crippen LogP) is 6.71. The van der Waals surface area contributed by atoms with Gasteiger partial charge in [0.15, 0.2) is 0 Å². The molecule has 1 N–H and O–H groups in total. The molecule has 0 aliphatic carbocycles. The summed E-state index contributed by atoms with van der Waals surface area (Å²) in [7, 11) is 1.23. The maximum absolute atomic E-state index is 13.7. The number of piperidine rings is 1. The molecule has 4 rings (SSSR count). The number of halogens is 3. The fourth-order valence-electron chi connectivity index (χ4n) is 4.44. The Kier molecular flexibility index (Phi) is 9.13. The molecule has 0 spiro atoms. The average Bonchev–Trinajstić information content (AvgIpc) is 2.95. The third-order valence-electron chi connectivity index (χ3n) is 6.52. The minimum absolute atomic E-state index is 0.0164. The highest BCUT2D eigenvalue weighted by molar-refractivity contribution is 5.90. The van der Waals surface area contributed by atoms with Gasteiger partial charge >= 0.3 is 18.2 Å². The van der Waals surface area contributed by atoms with Gasteiger partial charge in [0.05, 0.1) is 29.6 Å². The van der Waals surface area contributed by atoms with Crippen LogP contribution in [-0.4, -0.2) is 57.7 Å². The Morgan fingerprint density at radius 3 is 2.33 bits per heavy atom. The van der Waals surface area contributed by atoms with Gasteiger partial charge in [0.1, 0.15) is 5.60 Å². The Labute approximate surface area is 241 Å². The van der Waals surface area contributed by atoms with Crippen molar-refractivity contribution in [1.29, 1.82) is 0 Å². The summed E-state index contributed by atoms with van der Waals surface area (Å²) in [5, 5.41) is 2.96. The van der Waals surface area contributed by atoms with Gasteiger partial charge in [0.25, 0.3) is 0 Å². The zero-order valence-electron chi connectivity index (χ0n) is 23.7. The summed E-state index contributed by atoms with van der Waals surface area (Å²) in [6.07, 6.45) is 1.18. The van der Waals surface area contributed by atoms with Crippen molar-refractivity contribution in [1.82, 2.24) is 19.9 Å². The Morgan fingerprint density at radius 2 is 1.71 bits per heavy atom. The number of amides is 1. The smallest absolute Gasteiger partial charge is 0.419 e. The van der Waals surface area contributed by atoms with E-state index in [1.165, 1.54) is 37.6 Å².